The van der Waals surface area contributed by atoms with E-state index in [4.69, 9.17) is 14.2 Å². The van der Waals surface area contributed by atoms with Gasteiger partial charge >= 0.3 is 17.9 Å². The zero-order valence-corrected chi connectivity index (χ0v) is 51.7. The van der Waals surface area contributed by atoms with Gasteiger partial charge in [-0.1, -0.05) is 286 Å². The van der Waals surface area contributed by atoms with E-state index in [1.165, 1.54) is 199 Å². The van der Waals surface area contributed by atoms with Crippen LogP contribution in [0.1, 0.15) is 335 Å². The van der Waals surface area contributed by atoms with Gasteiger partial charge in [-0.15, -0.1) is 0 Å². The highest BCUT2D eigenvalue weighted by molar-refractivity contribution is 5.71. The van der Waals surface area contributed by atoms with Crippen molar-refractivity contribution >= 4 is 17.9 Å². The van der Waals surface area contributed by atoms with E-state index >= 15 is 0 Å². The van der Waals surface area contributed by atoms with Crippen molar-refractivity contribution in [3.63, 3.8) is 0 Å². The number of allylic oxidation sites excluding steroid dienone is 14. The molecule has 0 radical (unpaired) electrons. The van der Waals surface area contributed by atoms with Crippen LogP contribution in [0, 0.1) is 0 Å². The summed E-state index contributed by atoms with van der Waals surface area (Å²) >= 11 is 0. The fourth-order valence-corrected chi connectivity index (χ4v) is 9.58. The first kappa shape index (κ1) is 74.6. The van der Waals surface area contributed by atoms with Crippen LogP contribution in [0.15, 0.2) is 85.1 Å². The minimum absolute atomic E-state index is 0.0800. The van der Waals surface area contributed by atoms with Crippen LogP contribution in [0.2, 0.25) is 0 Å². The van der Waals surface area contributed by atoms with E-state index in [2.05, 4.69) is 106 Å². The fraction of sp³-hybridized carbons (Fsp3) is 0.764. The minimum atomic E-state index is -0.784. The third-order valence-corrected chi connectivity index (χ3v) is 14.6. The molecule has 0 rings (SSSR count). The van der Waals surface area contributed by atoms with E-state index in [0.717, 1.165) is 96.3 Å². The van der Waals surface area contributed by atoms with E-state index in [-0.39, 0.29) is 31.1 Å². The summed E-state index contributed by atoms with van der Waals surface area (Å²) in [7, 11) is 0. The lowest BCUT2D eigenvalue weighted by molar-refractivity contribution is -0.167. The molecule has 0 aliphatic heterocycles. The van der Waals surface area contributed by atoms with Crippen molar-refractivity contribution in [3.05, 3.63) is 85.1 Å². The molecule has 1 atom stereocenters. The molecule has 0 aliphatic rings. The molecule has 1 unspecified atom stereocenters. The summed E-state index contributed by atoms with van der Waals surface area (Å²) in [5.41, 5.74) is 0. The van der Waals surface area contributed by atoms with E-state index in [0.29, 0.717) is 19.3 Å². The summed E-state index contributed by atoms with van der Waals surface area (Å²) in [4.78, 5) is 38.4. The molecule has 0 saturated carbocycles. The average molecular weight is 1090 g/mol. The number of ether oxygens (including phenoxy) is 3. The van der Waals surface area contributed by atoms with Crippen molar-refractivity contribution in [2.75, 3.05) is 13.2 Å². The quantitative estimate of drug-likeness (QED) is 0.0261. The Balaban J connectivity index is 4.32. The van der Waals surface area contributed by atoms with Gasteiger partial charge < -0.3 is 14.2 Å². The van der Waals surface area contributed by atoms with Crippen molar-refractivity contribution in [1.29, 1.82) is 0 Å². The second-order valence-corrected chi connectivity index (χ2v) is 22.3. The lowest BCUT2D eigenvalue weighted by Gasteiger charge is -2.18. The molecular weight excluding hydrogens is 961 g/mol. The summed E-state index contributed by atoms with van der Waals surface area (Å²) < 4.78 is 17.0. The van der Waals surface area contributed by atoms with Gasteiger partial charge in [-0.05, 0) is 116 Å². The van der Waals surface area contributed by atoms with Crippen LogP contribution in [-0.2, 0) is 28.6 Å². The summed E-state index contributed by atoms with van der Waals surface area (Å²) in [5.74, 6) is -0.880. The first-order valence-electron chi connectivity index (χ1n) is 33.6. The van der Waals surface area contributed by atoms with E-state index in [1.54, 1.807) is 0 Å². The molecule has 0 saturated heterocycles. The molecule has 0 fully saturated rings. The summed E-state index contributed by atoms with van der Waals surface area (Å²) in [6.45, 7) is 6.54. The Morgan fingerprint density at radius 2 is 0.500 bits per heavy atom. The van der Waals surface area contributed by atoms with Gasteiger partial charge in [0.1, 0.15) is 13.2 Å². The van der Waals surface area contributed by atoms with Crippen LogP contribution in [0.5, 0.6) is 0 Å². The number of rotatable bonds is 61. The SMILES string of the molecule is CC/C=C\C/C=C\C/C=C\C/C=C\CCCCCCCCCCCCCCC(=O)OCC(COC(=O)CCCCCCC/C=C\CCCCCCC)OC(=O)CCCCCCCCCCC/C=C\C/C=C\CCCCCCC. The Morgan fingerprint density at radius 1 is 0.269 bits per heavy atom. The summed E-state index contributed by atoms with van der Waals surface area (Å²) in [6, 6.07) is 0. The summed E-state index contributed by atoms with van der Waals surface area (Å²) in [6.07, 6.45) is 87.3. The number of esters is 3. The molecule has 0 N–H and O–H groups in total. The van der Waals surface area contributed by atoms with Gasteiger partial charge in [0.25, 0.3) is 0 Å². The number of unbranched alkanes of at least 4 members (excludes halogenated alkanes) is 36. The highest BCUT2D eigenvalue weighted by Crippen LogP contribution is 2.17. The first-order valence-corrected chi connectivity index (χ1v) is 33.6. The van der Waals surface area contributed by atoms with Gasteiger partial charge in [-0.25, -0.2) is 0 Å². The lowest BCUT2D eigenvalue weighted by atomic mass is 10.0. The second-order valence-electron chi connectivity index (χ2n) is 22.3. The van der Waals surface area contributed by atoms with Crippen LogP contribution < -0.4 is 0 Å². The van der Waals surface area contributed by atoms with Crippen LogP contribution in [0.25, 0.3) is 0 Å². The van der Waals surface area contributed by atoms with Gasteiger partial charge in [0, 0.05) is 19.3 Å². The summed E-state index contributed by atoms with van der Waals surface area (Å²) in [5, 5.41) is 0. The third-order valence-electron chi connectivity index (χ3n) is 14.6. The Labute approximate surface area is 484 Å². The van der Waals surface area contributed by atoms with Crippen LogP contribution in [0.4, 0.5) is 0 Å². The number of carbonyl (C=O) groups excluding carboxylic acids is 3. The second kappa shape index (κ2) is 66.1. The molecular formula is C72H126O6. The van der Waals surface area contributed by atoms with Gasteiger partial charge in [-0.2, -0.15) is 0 Å². The maximum atomic E-state index is 12.9. The Bertz CT molecular complexity index is 1480. The zero-order chi connectivity index (χ0) is 56.4. The maximum Gasteiger partial charge on any atom is 0.306 e. The molecule has 78 heavy (non-hydrogen) atoms. The molecule has 0 aromatic heterocycles. The minimum Gasteiger partial charge on any atom is -0.462 e. The fourth-order valence-electron chi connectivity index (χ4n) is 9.58. The van der Waals surface area contributed by atoms with Crippen LogP contribution in [0.3, 0.4) is 0 Å². The molecule has 450 valence electrons. The first-order chi connectivity index (χ1) is 38.5. The molecule has 0 spiro atoms. The molecule has 6 nitrogen and oxygen atoms in total. The predicted octanol–water partition coefficient (Wildman–Crippen LogP) is 23.1. The van der Waals surface area contributed by atoms with Crippen molar-refractivity contribution in [1.82, 2.24) is 0 Å². The van der Waals surface area contributed by atoms with Gasteiger partial charge in [-0.3, -0.25) is 14.4 Å². The van der Waals surface area contributed by atoms with E-state index < -0.39 is 6.10 Å². The van der Waals surface area contributed by atoms with Crippen molar-refractivity contribution in [2.24, 2.45) is 0 Å². The number of hydrogen-bond donors (Lipinski definition) is 0. The molecule has 0 heterocycles. The van der Waals surface area contributed by atoms with Crippen molar-refractivity contribution < 1.29 is 28.6 Å². The van der Waals surface area contributed by atoms with Crippen LogP contribution >= 0.6 is 0 Å². The highest BCUT2D eigenvalue weighted by Gasteiger charge is 2.19. The predicted molar refractivity (Wildman–Crippen MR) is 339 cm³/mol. The number of hydrogen-bond acceptors (Lipinski definition) is 6. The van der Waals surface area contributed by atoms with E-state index in [9.17, 15) is 14.4 Å². The maximum absolute atomic E-state index is 12.9. The normalized spacial score (nSPS) is 12.6. The third kappa shape index (κ3) is 63.4. The Hall–Kier alpha value is -3.41. The molecule has 0 aromatic rings. The van der Waals surface area contributed by atoms with Crippen LogP contribution in [-0.4, -0.2) is 37.2 Å². The highest BCUT2D eigenvalue weighted by atomic mass is 16.6. The van der Waals surface area contributed by atoms with E-state index in [1.807, 2.05) is 0 Å². The lowest BCUT2D eigenvalue weighted by Crippen LogP contribution is -2.30. The average Bonchev–Trinajstić information content (AvgIpc) is 3.44. The Morgan fingerprint density at radius 3 is 0.795 bits per heavy atom. The number of carbonyl (C=O) groups is 3. The van der Waals surface area contributed by atoms with Gasteiger partial charge in [0.05, 0.1) is 0 Å². The zero-order valence-electron chi connectivity index (χ0n) is 51.7. The van der Waals surface area contributed by atoms with Crippen molar-refractivity contribution in [3.8, 4) is 0 Å². The molecule has 0 aromatic carbocycles. The van der Waals surface area contributed by atoms with Gasteiger partial charge in [0.15, 0.2) is 6.10 Å². The molecule has 0 aliphatic carbocycles. The largest absolute Gasteiger partial charge is 0.462 e. The molecule has 6 heteroatoms. The smallest absolute Gasteiger partial charge is 0.306 e. The standard InChI is InChI=1S/C72H126O6/c1-4-7-10-13-16-19-22-25-28-30-32-34-35-36-37-39-40-42-44-47-50-53-56-59-62-65-71(74)77-68-69(67-76-70(73)64-61-58-55-52-49-46-27-24-21-18-15-12-9-6-3)78-72(75)66-63-60-57-54-51-48-45-43-41-38-33-31-29-26-23-20-17-14-11-8-5-2/h7,10,16,19,23-28,31-34,69H,4-6,8-9,11-15,17-18,20-22,29-30,35-68H2,1-3H3/b10-7-,19-16-,26-23-,27-24-,28-25-,33-31-,34-32-. The van der Waals surface area contributed by atoms with Crippen molar-refractivity contribution in [2.45, 2.75) is 341 Å². The van der Waals surface area contributed by atoms with Gasteiger partial charge in [0.2, 0.25) is 0 Å². The topological polar surface area (TPSA) is 78.9 Å². The molecule has 0 bridgehead atoms. The Kier molecular flexibility index (Phi) is 63.2. The molecule has 0 amide bonds. The monoisotopic (exact) mass is 1090 g/mol.